The minimum absolute atomic E-state index is 0. The third kappa shape index (κ3) is 10.8. The molecule has 0 aliphatic heterocycles. The van der Waals surface area contributed by atoms with Crippen molar-refractivity contribution in [1.29, 1.82) is 0 Å². The fourth-order valence-corrected chi connectivity index (χ4v) is 0. The Kier molecular flexibility index (Phi) is 484. The van der Waals surface area contributed by atoms with E-state index >= 15 is 0 Å². The van der Waals surface area contributed by atoms with Crippen molar-refractivity contribution in [2.24, 2.45) is 0 Å². The molecule has 0 aromatic carbocycles. The summed E-state index contributed by atoms with van der Waals surface area (Å²) in [6.45, 7) is 0. The topological polar surface area (TPSA) is 0 Å². The molecule has 0 spiro atoms. The van der Waals surface area contributed by atoms with Gasteiger partial charge in [-0.2, -0.15) is 0 Å². The van der Waals surface area contributed by atoms with Crippen LogP contribution in [0.3, 0.4) is 0 Å². The quantitative estimate of drug-likeness (QED) is 0.233. The van der Waals surface area contributed by atoms with Crippen molar-refractivity contribution >= 4 is 0 Å². The Bertz CT molecular complexity index is 3.25. The van der Waals surface area contributed by atoms with E-state index in [9.17, 15) is 0 Å². The van der Waals surface area contributed by atoms with Gasteiger partial charge in [-0.25, -0.2) is 0 Å². The van der Waals surface area contributed by atoms with Crippen molar-refractivity contribution in [3.8, 4) is 0 Å². The average molecular weight is 632 g/mol. The Labute approximate surface area is 70.8 Å². The van der Waals surface area contributed by atoms with Crippen molar-refractivity contribution < 1.29 is 71.9 Å². The van der Waals surface area contributed by atoms with Crippen molar-refractivity contribution in [3.63, 3.8) is 0 Å². The van der Waals surface area contributed by atoms with E-state index in [4.69, 9.17) is 0 Å². The van der Waals surface area contributed by atoms with Crippen molar-refractivity contribution in [2.45, 2.75) is 0 Å². The van der Waals surface area contributed by atoms with Crippen LogP contribution in [0.4, 0.5) is 0 Å². The van der Waals surface area contributed by atoms with Crippen LogP contribution in [0.15, 0.2) is 0 Å². The summed E-state index contributed by atoms with van der Waals surface area (Å²) in [6.07, 6.45) is 0. The molecular formula is CfI3-3. The first kappa shape index (κ1) is 64.3. The zero-order chi connectivity index (χ0) is 0. The average Bonchev–Trinajstić information content (AvgIpc) is 0. The zero-order valence-corrected chi connectivity index (χ0v) is 10.6. The maximum atomic E-state index is 0. The Hall–Kier alpha value is 1.19. The van der Waals surface area contributed by atoms with E-state index in [0.29, 0.717) is 0 Å². The van der Waals surface area contributed by atoms with Gasteiger partial charge >= 0.3 is 0 Å². The summed E-state index contributed by atoms with van der Waals surface area (Å²) in [7, 11) is 0. The SMILES string of the molecule is [Cf].[I-].[I-].[I-]. The van der Waals surface area contributed by atoms with Gasteiger partial charge in [0.05, 0.1) is 0 Å². The second-order valence-corrected chi connectivity index (χ2v) is 0. The molecule has 34 valence electrons. The molecule has 4 heteroatoms. The smallest absolute Gasteiger partial charge is 0 e. The van der Waals surface area contributed by atoms with E-state index in [-0.39, 0.29) is 71.9 Å². The Morgan fingerprint density at radius 3 is 0.500 bits per heavy atom. The van der Waals surface area contributed by atoms with Crippen LogP contribution < -0.4 is 71.9 Å². The number of halogens is 3. The van der Waals surface area contributed by atoms with Crippen molar-refractivity contribution in [1.82, 2.24) is 0 Å². The summed E-state index contributed by atoms with van der Waals surface area (Å²) in [6, 6.07) is 0. The van der Waals surface area contributed by atoms with Crippen LogP contribution in [0.2, 0.25) is 0 Å². The van der Waals surface area contributed by atoms with Gasteiger partial charge < -0.3 is 71.9 Å². The molecule has 0 saturated carbocycles. The molecule has 0 aliphatic carbocycles. The van der Waals surface area contributed by atoms with Gasteiger partial charge in [-0.1, -0.05) is 0 Å². The van der Waals surface area contributed by atoms with Crippen LogP contribution in [0, 0.1) is 0 Å². The third-order valence-corrected chi connectivity index (χ3v) is 0. The summed E-state index contributed by atoms with van der Waals surface area (Å²) in [5.74, 6) is 0. The van der Waals surface area contributed by atoms with Gasteiger partial charge in [0.2, 0.25) is 0 Å². The fraction of sp³-hybridized carbons (Fsp3) is 0. The molecule has 0 fully saturated rings. The molecule has 0 amide bonds. The molecule has 0 nitrogen and oxygen atoms in total. The number of hydrogen-bond donors (Lipinski definition) is 0. The molecule has 0 unspecified atom stereocenters. The van der Waals surface area contributed by atoms with E-state index in [0.717, 1.165) is 0 Å². The summed E-state index contributed by atoms with van der Waals surface area (Å²) in [4.78, 5) is 0. The van der Waals surface area contributed by atoms with E-state index in [1.165, 1.54) is 0 Å². The standard InChI is InChI=1S/Cf.3HI/h;3*1H/p-3. The van der Waals surface area contributed by atoms with Crippen molar-refractivity contribution in [3.05, 3.63) is 0 Å². The largest absolute Gasteiger partial charge is 1.00 e. The normalized spacial score (nSPS) is 0. The number of hydrogen-bond acceptors (Lipinski definition) is 0. The first-order valence-electron chi connectivity index (χ1n) is 0. The summed E-state index contributed by atoms with van der Waals surface area (Å²) in [5, 5.41) is 0. The van der Waals surface area contributed by atoms with Crippen LogP contribution in [0.5, 0.6) is 0 Å². The van der Waals surface area contributed by atoms with Crippen molar-refractivity contribution in [2.75, 3.05) is 0 Å². The van der Waals surface area contributed by atoms with Gasteiger partial charge in [-0.15, -0.1) is 0 Å². The molecule has 0 atom stereocenters. The Morgan fingerprint density at radius 2 is 0.500 bits per heavy atom. The molecule has 0 aromatic rings. The maximum absolute atomic E-state index is 0. The first-order valence-corrected chi connectivity index (χ1v) is 0. The molecule has 0 rings (SSSR count). The summed E-state index contributed by atoms with van der Waals surface area (Å²) >= 11 is 0. The molecule has 0 aromatic heterocycles. The van der Waals surface area contributed by atoms with Crippen LogP contribution in [-0.2, 0) is 0 Å². The molecule has 0 N–H and O–H groups in total. The molecular weight excluding hydrogens is 632 g/mol. The van der Waals surface area contributed by atoms with Crippen LogP contribution in [-0.4, -0.2) is 0 Å². The molecule has 0 heterocycles. The first-order chi connectivity index (χ1) is 0. The van der Waals surface area contributed by atoms with Crippen LogP contribution in [0.1, 0.15) is 0 Å². The Morgan fingerprint density at radius 1 is 0.500 bits per heavy atom. The van der Waals surface area contributed by atoms with E-state index < -0.39 is 0 Å². The maximum Gasteiger partial charge on any atom is 0 e. The van der Waals surface area contributed by atoms with Gasteiger partial charge in [0.25, 0.3) is 0 Å². The minimum atomic E-state index is 0. The summed E-state index contributed by atoms with van der Waals surface area (Å²) in [5.41, 5.74) is 0. The molecule has 0 saturated heterocycles. The van der Waals surface area contributed by atoms with E-state index in [2.05, 4.69) is 0 Å². The van der Waals surface area contributed by atoms with Crippen LogP contribution >= 0.6 is 0 Å². The van der Waals surface area contributed by atoms with Gasteiger partial charge in [0.1, 0.15) is 0 Å². The molecule has 4 heavy (non-hydrogen) atoms. The second-order valence-electron chi connectivity index (χ2n) is 0. The van der Waals surface area contributed by atoms with Gasteiger partial charge in [0.15, 0.2) is 0 Å². The third-order valence-electron chi connectivity index (χ3n) is 0. The number of rotatable bonds is 0. The Balaban J connectivity index is 0. The second kappa shape index (κ2) is 30.1. The fourth-order valence-electron chi connectivity index (χ4n) is 0. The zero-order valence-electron chi connectivity index (χ0n) is 1.45. The van der Waals surface area contributed by atoms with Crippen LogP contribution in [0.25, 0.3) is 0 Å². The predicted octanol–water partition coefficient (Wildman–Crippen LogP) is -8.99. The molecule has 0 bridgehead atoms. The van der Waals surface area contributed by atoms with Gasteiger partial charge in [0, 0.05) is 0 Å². The van der Waals surface area contributed by atoms with Gasteiger partial charge in [-0.05, 0) is 0 Å². The summed E-state index contributed by atoms with van der Waals surface area (Å²) < 4.78 is 0. The van der Waals surface area contributed by atoms with Gasteiger partial charge in [-0.3, -0.25) is 0 Å². The molecule has 0 radical (unpaired) electrons. The predicted molar refractivity (Wildman–Crippen MR) is 0 cm³/mol. The molecule has 0 aliphatic rings. The minimum Gasteiger partial charge on any atom is -1.00 e. The van der Waals surface area contributed by atoms with E-state index in [1.54, 1.807) is 0 Å². The van der Waals surface area contributed by atoms with E-state index in [1.807, 2.05) is 0 Å². The monoisotopic (exact) mass is 630 g/mol.